The van der Waals surface area contributed by atoms with E-state index < -0.39 is 0 Å². The number of aromatic nitrogens is 2. The zero-order valence-corrected chi connectivity index (χ0v) is 12.9. The fraction of sp³-hybridized carbons (Fsp3) is 0.812. The Balaban J connectivity index is 1.41. The van der Waals surface area contributed by atoms with Crippen molar-refractivity contribution in [2.75, 3.05) is 13.6 Å². The Labute approximate surface area is 122 Å². The minimum atomic E-state index is 0.854. The van der Waals surface area contributed by atoms with Crippen molar-refractivity contribution in [1.82, 2.24) is 20.0 Å². The van der Waals surface area contributed by atoms with E-state index in [0.29, 0.717) is 0 Å². The lowest BCUT2D eigenvalue weighted by Gasteiger charge is -2.36. The SMILES string of the molecule is CCCn1cc(CNCC2CC3CCC(C2)N3C)cn1. The lowest BCUT2D eigenvalue weighted by Crippen LogP contribution is -2.42. The van der Waals surface area contributed by atoms with Crippen LogP contribution in [-0.4, -0.2) is 40.4 Å². The fourth-order valence-electron chi connectivity index (χ4n) is 3.96. The summed E-state index contributed by atoms with van der Waals surface area (Å²) in [5.74, 6) is 0.870. The Bertz CT molecular complexity index is 414. The number of aryl methyl sites for hydroxylation is 1. The molecule has 2 unspecified atom stereocenters. The number of fused-ring (bicyclic) bond motifs is 2. The van der Waals surface area contributed by atoms with E-state index in [1.807, 2.05) is 10.9 Å². The van der Waals surface area contributed by atoms with Crippen LogP contribution in [0.1, 0.15) is 44.6 Å². The van der Waals surface area contributed by atoms with E-state index in [-0.39, 0.29) is 0 Å². The van der Waals surface area contributed by atoms with Crippen LogP contribution < -0.4 is 5.32 Å². The Morgan fingerprint density at radius 3 is 2.75 bits per heavy atom. The number of hydrogen-bond acceptors (Lipinski definition) is 3. The summed E-state index contributed by atoms with van der Waals surface area (Å²) >= 11 is 0. The summed E-state index contributed by atoms with van der Waals surface area (Å²) in [6.45, 7) is 5.34. The highest BCUT2D eigenvalue weighted by Gasteiger charge is 2.37. The van der Waals surface area contributed by atoms with Gasteiger partial charge in [0.2, 0.25) is 0 Å². The van der Waals surface area contributed by atoms with Crippen LogP contribution in [0.25, 0.3) is 0 Å². The summed E-state index contributed by atoms with van der Waals surface area (Å²) in [5.41, 5.74) is 1.31. The van der Waals surface area contributed by atoms with Crippen molar-refractivity contribution in [2.45, 2.75) is 64.2 Å². The van der Waals surface area contributed by atoms with E-state index in [0.717, 1.165) is 37.5 Å². The lowest BCUT2D eigenvalue weighted by molar-refractivity contribution is 0.133. The number of nitrogens with one attached hydrogen (secondary N) is 1. The molecule has 112 valence electrons. The largest absolute Gasteiger partial charge is 0.312 e. The quantitative estimate of drug-likeness (QED) is 0.865. The Morgan fingerprint density at radius 1 is 1.30 bits per heavy atom. The third-order valence-electron chi connectivity index (χ3n) is 5.10. The summed E-state index contributed by atoms with van der Waals surface area (Å²) in [6, 6.07) is 1.71. The molecule has 0 radical (unpaired) electrons. The van der Waals surface area contributed by atoms with Crippen molar-refractivity contribution in [2.24, 2.45) is 5.92 Å². The van der Waals surface area contributed by atoms with E-state index in [2.05, 4.69) is 35.5 Å². The monoisotopic (exact) mass is 276 g/mol. The minimum Gasteiger partial charge on any atom is -0.312 e. The first-order valence-corrected chi connectivity index (χ1v) is 8.20. The first kappa shape index (κ1) is 14.1. The first-order valence-electron chi connectivity index (χ1n) is 8.20. The number of piperidine rings is 1. The van der Waals surface area contributed by atoms with Gasteiger partial charge in [0, 0.05) is 36.9 Å². The highest BCUT2D eigenvalue weighted by Crippen LogP contribution is 2.36. The Hall–Kier alpha value is -0.870. The summed E-state index contributed by atoms with van der Waals surface area (Å²) < 4.78 is 2.05. The van der Waals surface area contributed by atoms with Gasteiger partial charge in [-0.1, -0.05) is 6.92 Å². The third kappa shape index (κ3) is 3.07. The maximum absolute atomic E-state index is 4.39. The summed E-state index contributed by atoms with van der Waals surface area (Å²) in [5, 5.41) is 8.02. The standard InChI is InChI=1S/C16H28N4/c1-3-6-20-12-14(11-18-20)10-17-9-13-7-15-4-5-16(8-13)19(15)2/h11-13,15-17H,3-10H2,1-2H3. The number of rotatable bonds is 6. The normalized spacial score (nSPS) is 30.0. The van der Waals surface area contributed by atoms with Crippen LogP contribution >= 0.6 is 0 Å². The van der Waals surface area contributed by atoms with Gasteiger partial charge in [-0.2, -0.15) is 5.10 Å². The molecule has 0 aliphatic carbocycles. The molecule has 1 aromatic rings. The number of nitrogens with zero attached hydrogens (tertiary/aromatic N) is 3. The highest BCUT2D eigenvalue weighted by atomic mass is 15.3. The van der Waals surface area contributed by atoms with Crippen molar-refractivity contribution >= 4 is 0 Å². The maximum Gasteiger partial charge on any atom is 0.0534 e. The van der Waals surface area contributed by atoms with Crippen molar-refractivity contribution in [1.29, 1.82) is 0 Å². The molecule has 1 aromatic heterocycles. The second-order valence-corrected chi connectivity index (χ2v) is 6.63. The lowest BCUT2D eigenvalue weighted by atomic mass is 9.91. The zero-order valence-electron chi connectivity index (χ0n) is 12.9. The minimum absolute atomic E-state index is 0.854. The molecule has 0 spiro atoms. The highest BCUT2D eigenvalue weighted by molar-refractivity contribution is 5.03. The molecule has 3 rings (SSSR count). The molecule has 2 saturated heterocycles. The predicted octanol–water partition coefficient (Wildman–Crippen LogP) is 2.26. The molecule has 0 saturated carbocycles. The van der Waals surface area contributed by atoms with Crippen molar-refractivity contribution < 1.29 is 0 Å². The Kier molecular flexibility index (Phi) is 4.41. The third-order valence-corrected chi connectivity index (χ3v) is 5.10. The van der Waals surface area contributed by atoms with E-state index in [9.17, 15) is 0 Å². The predicted molar refractivity (Wildman–Crippen MR) is 81.5 cm³/mol. The van der Waals surface area contributed by atoms with Crippen molar-refractivity contribution in [3.05, 3.63) is 18.0 Å². The van der Waals surface area contributed by atoms with Gasteiger partial charge in [-0.15, -0.1) is 0 Å². The molecular formula is C16H28N4. The summed E-state index contributed by atoms with van der Waals surface area (Å²) in [4.78, 5) is 2.62. The van der Waals surface area contributed by atoms with Gasteiger partial charge in [0.15, 0.2) is 0 Å². The first-order chi connectivity index (χ1) is 9.76. The molecule has 4 heteroatoms. The average Bonchev–Trinajstić information content (AvgIpc) is 2.93. The molecule has 3 heterocycles. The zero-order chi connectivity index (χ0) is 13.9. The molecule has 2 fully saturated rings. The molecular weight excluding hydrogens is 248 g/mol. The molecule has 2 aliphatic rings. The van der Waals surface area contributed by atoms with Gasteiger partial charge >= 0.3 is 0 Å². The van der Waals surface area contributed by atoms with Gasteiger partial charge in [0.25, 0.3) is 0 Å². The van der Waals surface area contributed by atoms with Crippen LogP contribution in [-0.2, 0) is 13.1 Å². The van der Waals surface area contributed by atoms with Gasteiger partial charge in [0.05, 0.1) is 6.20 Å². The fourth-order valence-corrected chi connectivity index (χ4v) is 3.96. The van der Waals surface area contributed by atoms with Gasteiger partial charge in [-0.25, -0.2) is 0 Å². The molecule has 1 N–H and O–H groups in total. The van der Waals surface area contributed by atoms with E-state index in [1.165, 1.54) is 37.8 Å². The molecule has 2 bridgehead atoms. The molecule has 0 amide bonds. The van der Waals surface area contributed by atoms with Crippen LogP contribution in [0.5, 0.6) is 0 Å². The van der Waals surface area contributed by atoms with Crippen molar-refractivity contribution in [3.63, 3.8) is 0 Å². The van der Waals surface area contributed by atoms with Crippen LogP contribution in [0, 0.1) is 5.92 Å². The van der Waals surface area contributed by atoms with E-state index in [1.54, 1.807) is 0 Å². The van der Waals surface area contributed by atoms with Crippen LogP contribution in [0.3, 0.4) is 0 Å². The molecule has 20 heavy (non-hydrogen) atoms. The molecule has 4 nitrogen and oxygen atoms in total. The van der Waals surface area contributed by atoms with Crippen LogP contribution in [0.4, 0.5) is 0 Å². The van der Waals surface area contributed by atoms with E-state index >= 15 is 0 Å². The summed E-state index contributed by atoms with van der Waals surface area (Å²) in [6.07, 6.45) is 10.9. The van der Waals surface area contributed by atoms with Gasteiger partial charge in [-0.05, 0) is 51.6 Å². The summed E-state index contributed by atoms with van der Waals surface area (Å²) in [7, 11) is 2.31. The van der Waals surface area contributed by atoms with Crippen LogP contribution in [0.15, 0.2) is 12.4 Å². The molecule has 2 aliphatic heterocycles. The Morgan fingerprint density at radius 2 is 2.05 bits per heavy atom. The maximum atomic E-state index is 4.39. The van der Waals surface area contributed by atoms with Gasteiger partial charge in [0.1, 0.15) is 0 Å². The smallest absolute Gasteiger partial charge is 0.0534 e. The molecule has 2 atom stereocenters. The number of hydrogen-bond donors (Lipinski definition) is 1. The van der Waals surface area contributed by atoms with Gasteiger partial charge in [-0.3, -0.25) is 4.68 Å². The molecule has 0 aromatic carbocycles. The van der Waals surface area contributed by atoms with Crippen LogP contribution in [0.2, 0.25) is 0 Å². The topological polar surface area (TPSA) is 33.1 Å². The van der Waals surface area contributed by atoms with Gasteiger partial charge < -0.3 is 10.2 Å². The van der Waals surface area contributed by atoms with E-state index in [4.69, 9.17) is 0 Å². The van der Waals surface area contributed by atoms with Crippen molar-refractivity contribution in [3.8, 4) is 0 Å². The second kappa shape index (κ2) is 6.27. The average molecular weight is 276 g/mol. The second-order valence-electron chi connectivity index (χ2n) is 6.63.